The van der Waals surface area contributed by atoms with Gasteiger partial charge in [0.1, 0.15) is 5.76 Å². The summed E-state index contributed by atoms with van der Waals surface area (Å²) in [5.74, 6) is 2.39. The molecule has 6 heteroatoms. The minimum absolute atomic E-state index is 0.127. The van der Waals surface area contributed by atoms with Crippen molar-refractivity contribution < 1.29 is 9.21 Å². The molecule has 0 aliphatic heterocycles. The van der Waals surface area contributed by atoms with Gasteiger partial charge in [-0.15, -0.1) is 11.8 Å². The van der Waals surface area contributed by atoms with Crippen molar-refractivity contribution in [3.63, 3.8) is 0 Å². The second-order valence-corrected chi connectivity index (χ2v) is 6.33. The van der Waals surface area contributed by atoms with E-state index < -0.39 is 0 Å². The monoisotopic (exact) mass is 331 g/mol. The zero-order valence-electron chi connectivity index (χ0n) is 13.6. The maximum absolute atomic E-state index is 11.7. The van der Waals surface area contributed by atoms with Crippen LogP contribution in [0.4, 0.5) is 5.88 Å². The third kappa shape index (κ3) is 5.83. The maximum Gasteiger partial charge on any atom is 0.250 e. The van der Waals surface area contributed by atoms with Crippen LogP contribution in [0, 0.1) is 6.92 Å². The number of amides is 1. The van der Waals surface area contributed by atoms with E-state index in [-0.39, 0.29) is 5.91 Å². The Kier molecular flexibility index (Phi) is 6.29. The lowest BCUT2D eigenvalue weighted by molar-refractivity contribution is -0.118. The molecule has 0 bridgehead atoms. The fourth-order valence-electron chi connectivity index (χ4n) is 1.80. The average molecular weight is 331 g/mol. The molecule has 2 rings (SSSR count). The van der Waals surface area contributed by atoms with Crippen LogP contribution in [0.25, 0.3) is 0 Å². The summed E-state index contributed by atoms with van der Waals surface area (Å²) in [5.41, 5.74) is 4.95. The first kappa shape index (κ1) is 17.1. The van der Waals surface area contributed by atoms with Crippen molar-refractivity contribution in [1.29, 1.82) is 0 Å². The summed E-state index contributed by atoms with van der Waals surface area (Å²) in [4.78, 5) is 13.6. The summed E-state index contributed by atoms with van der Waals surface area (Å²) in [7, 11) is 3.79. The molecule has 2 aromatic rings. The molecule has 0 unspecified atom stereocenters. The number of carbonyl (C=O) groups excluding carboxylic acids is 1. The molecule has 0 atom stereocenters. The Bertz CT molecular complexity index is 663. The first-order valence-corrected chi connectivity index (χ1v) is 8.42. The molecule has 0 saturated heterocycles. The van der Waals surface area contributed by atoms with Crippen molar-refractivity contribution in [3.8, 4) is 0 Å². The Morgan fingerprint density at radius 3 is 2.65 bits per heavy atom. The van der Waals surface area contributed by atoms with Crippen LogP contribution in [-0.4, -0.2) is 32.0 Å². The summed E-state index contributed by atoms with van der Waals surface area (Å²) in [5, 5.41) is 3.90. The second kappa shape index (κ2) is 8.43. The smallest absolute Gasteiger partial charge is 0.250 e. The largest absolute Gasteiger partial charge is 0.440 e. The van der Waals surface area contributed by atoms with Gasteiger partial charge in [-0.3, -0.25) is 4.79 Å². The zero-order chi connectivity index (χ0) is 16.7. The number of rotatable bonds is 7. The van der Waals surface area contributed by atoms with Crippen LogP contribution in [-0.2, 0) is 10.5 Å². The van der Waals surface area contributed by atoms with Gasteiger partial charge in [0, 0.05) is 25.9 Å². The Morgan fingerprint density at radius 2 is 2.00 bits per heavy atom. The molecular weight excluding hydrogens is 310 g/mol. The molecule has 0 aliphatic carbocycles. The fourth-order valence-corrected chi connectivity index (χ4v) is 2.58. The fraction of sp³-hybridized carbons (Fsp3) is 0.294. The van der Waals surface area contributed by atoms with Crippen LogP contribution in [0.15, 0.2) is 45.9 Å². The van der Waals surface area contributed by atoms with Crippen molar-refractivity contribution in [3.05, 3.63) is 53.3 Å². The van der Waals surface area contributed by atoms with Gasteiger partial charge in [-0.2, -0.15) is 5.10 Å². The summed E-state index contributed by atoms with van der Waals surface area (Å²) >= 11 is 1.56. The van der Waals surface area contributed by atoms with Gasteiger partial charge in [0.2, 0.25) is 5.91 Å². The van der Waals surface area contributed by atoms with Crippen LogP contribution < -0.4 is 10.3 Å². The van der Waals surface area contributed by atoms with E-state index in [1.807, 2.05) is 25.1 Å². The number of hydrazone groups is 1. The molecule has 1 N–H and O–H groups in total. The Morgan fingerprint density at radius 1 is 1.26 bits per heavy atom. The summed E-state index contributed by atoms with van der Waals surface area (Å²) < 4.78 is 5.50. The lowest BCUT2D eigenvalue weighted by Gasteiger charge is -2.05. The molecule has 0 aliphatic rings. The molecule has 1 amide bonds. The molecule has 1 heterocycles. The molecule has 0 radical (unpaired) electrons. The van der Waals surface area contributed by atoms with Crippen LogP contribution in [0.5, 0.6) is 0 Å². The normalized spacial score (nSPS) is 10.9. The molecule has 23 heavy (non-hydrogen) atoms. The standard InChI is InChI=1S/C17H21N3O2S/c1-13-4-6-14(7-5-13)11-23-12-16(21)19-18-10-15-8-9-17(22-15)20(2)3/h4-10H,11-12H2,1-3H3,(H,19,21)/b18-10-. The van der Waals surface area contributed by atoms with E-state index in [9.17, 15) is 4.79 Å². The highest BCUT2D eigenvalue weighted by Gasteiger charge is 2.03. The van der Waals surface area contributed by atoms with Crippen LogP contribution in [0.3, 0.4) is 0 Å². The van der Waals surface area contributed by atoms with E-state index in [0.717, 1.165) is 11.6 Å². The topological polar surface area (TPSA) is 57.8 Å². The number of furan rings is 1. The van der Waals surface area contributed by atoms with Crippen LogP contribution >= 0.6 is 11.8 Å². The van der Waals surface area contributed by atoms with E-state index >= 15 is 0 Å². The SMILES string of the molecule is Cc1ccc(CSCC(=O)N/N=C\c2ccc(N(C)C)o2)cc1. The maximum atomic E-state index is 11.7. The van der Waals surface area contributed by atoms with Crippen molar-refractivity contribution in [1.82, 2.24) is 5.43 Å². The van der Waals surface area contributed by atoms with E-state index in [1.165, 1.54) is 17.3 Å². The zero-order valence-corrected chi connectivity index (χ0v) is 14.4. The van der Waals surface area contributed by atoms with Gasteiger partial charge in [0.05, 0.1) is 12.0 Å². The number of nitrogens with one attached hydrogen (secondary N) is 1. The number of benzene rings is 1. The van der Waals surface area contributed by atoms with Gasteiger partial charge in [0.25, 0.3) is 0 Å². The predicted octanol–water partition coefficient (Wildman–Crippen LogP) is 3.04. The van der Waals surface area contributed by atoms with E-state index in [0.29, 0.717) is 11.5 Å². The Balaban J connectivity index is 1.70. The number of nitrogens with zero attached hydrogens (tertiary/aromatic N) is 2. The summed E-state index contributed by atoms with van der Waals surface area (Å²) in [6.45, 7) is 2.06. The van der Waals surface area contributed by atoms with Gasteiger partial charge >= 0.3 is 0 Å². The molecular formula is C17H21N3O2S. The molecule has 5 nitrogen and oxygen atoms in total. The lowest BCUT2D eigenvalue weighted by Crippen LogP contribution is -2.19. The highest BCUT2D eigenvalue weighted by molar-refractivity contribution is 7.99. The van der Waals surface area contributed by atoms with E-state index in [1.54, 1.807) is 17.8 Å². The van der Waals surface area contributed by atoms with Gasteiger partial charge in [0.15, 0.2) is 5.88 Å². The van der Waals surface area contributed by atoms with Crippen molar-refractivity contribution in [2.24, 2.45) is 5.10 Å². The van der Waals surface area contributed by atoms with Crippen molar-refractivity contribution in [2.45, 2.75) is 12.7 Å². The quantitative estimate of drug-likeness (QED) is 0.626. The minimum Gasteiger partial charge on any atom is -0.440 e. The number of carbonyl (C=O) groups is 1. The Hall–Kier alpha value is -2.21. The van der Waals surface area contributed by atoms with Crippen LogP contribution in [0.2, 0.25) is 0 Å². The third-order valence-electron chi connectivity index (χ3n) is 3.06. The number of anilines is 1. The van der Waals surface area contributed by atoms with Gasteiger partial charge in [-0.05, 0) is 18.6 Å². The van der Waals surface area contributed by atoms with Crippen molar-refractivity contribution in [2.75, 3.05) is 24.7 Å². The number of aryl methyl sites for hydroxylation is 1. The first-order chi connectivity index (χ1) is 11.0. The average Bonchev–Trinajstić information content (AvgIpc) is 2.98. The first-order valence-electron chi connectivity index (χ1n) is 7.27. The summed E-state index contributed by atoms with van der Waals surface area (Å²) in [6, 6.07) is 12.0. The van der Waals surface area contributed by atoms with Crippen LogP contribution in [0.1, 0.15) is 16.9 Å². The van der Waals surface area contributed by atoms with Gasteiger partial charge in [-0.25, -0.2) is 5.43 Å². The number of hydrogen-bond donors (Lipinski definition) is 1. The second-order valence-electron chi connectivity index (χ2n) is 5.34. The molecule has 0 saturated carbocycles. The number of thioether (sulfide) groups is 1. The van der Waals surface area contributed by atoms with Crippen molar-refractivity contribution >= 4 is 29.8 Å². The van der Waals surface area contributed by atoms with E-state index in [2.05, 4.69) is 41.7 Å². The molecule has 0 fully saturated rings. The van der Waals surface area contributed by atoms with Gasteiger partial charge < -0.3 is 9.32 Å². The third-order valence-corrected chi connectivity index (χ3v) is 4.06. The van der Waals surface area contributed by atoms with E-state index in [4.69, 9.17) is 4.42 Å². The highest BCUT2D eigenvalue weighted by atomic mass is 32.2. The van der Waals surface area contributed by atoms with Gasteiger partial charge in [-0.1, -0.05) is 29.8 Å². The number of hydrogen-bond acceptors (Lipinski definition) is 5. The molecule has 122 valence electrons. The molecule has 1 aromatic carbocycles. The predicted molar refractivity (Wildman–Crippen MR) is 96.1 cm³/mol. The highest BCUT2D eigenvalue weighted by Crippen LogP contribution is 2.14. The lowest BCUT2D eigenvalue weighted by atomic mass is 10.2. The summed E-state index contributed by atoms with van der Waals surface area (Å²) in [6.07, 6.45) is 1.50. The molecule has 1 aromatic heterocycles. The minimum atomic E-state index is -0.127. The molecule has 0 spiro atoms. The Labute approximate surface area is 140 Å².